The molecule has 1 aliphatic rings. The van der Waals surface area contributed by atoms with E-state index in [2.05, 4.69) is 22.1 Å². The van der Waals surface area contributed by atoms with E-state index in [-0.39, 0.29) is 12.5 Å². The van der Waals surface area contributed by atoms with Gasteiger partial charge in [0.1, 0.15) is 0 Å². The maximum absolute atomic E-state index is 11.5. The maximum atomic E-state index is 11.5. The molecule has 0 aromatic carbocycles. The van der Waals surface area contributed by atoms with E-state index in [1.807, 2.05) is 11.4 Å². The normalized spacial score (nSPS) is 16.4. The lowest BCUT2D eigenvalue weighted by Crippen LogP contribution is -2.32. The molecule has 1 amide bonds. The second-order valence-corrected chi connectivity index (χ2v) is 5.45. The predicted molar refractivity (Wildman–Crippen MR) is 75.8 cm³/mol. The van der Waals surface area contributed by atoms with E-state index in [1.54, 1.807) is 11.3 Å². The number of amides is 1. The minimum Gasteiger partial charge on any atom is -0.395 e. The van der Waals surface area contributed by atoms with Crippen LogP contribution in [0.2, 0.25) is 0 Å². The number of nitrogens with zero attached hydrogens (tertiary/aromatic N) is 1. The number of hydrogen-bond acceptors (Lipinski definition) is 4. The maximum Gasteiger partial charge on any atom is 0.234 e. The third-order valence-corrected chi connectivity index (χ3v) is 3.82. The summed E-state index contributed by atoms with van der Waals surface area (Å²) in [6, 6.07) is 2.00. The highest BCUT2D eigenvalue weighted by molar-refractivity contribution is 7.10. The zero-order valence-electron chi connectivity index (χ0n) is 10.8. The Hall–Kier alpha value is -1.35. The van der Waals surface area contributed by atoms with Crippen molar-refractivity contribution in [3.05, 3.63) is 21.9 Å². The molecule has 4 nitrogen and oxygen atoms in total. The average molecular weight is 278 g/mol. The van der Waals surface area contributed by atoms with Crippen LogP contribution in [0.5, 0.6) is 0 Å². The molecule has 0 radical (unpaired) electrons. The first-order chi connectivity index (χ1) is 9.29. The number of thiophene rings is 1. The van der Waals surface area contributed by atoms with Gasteiger partial charge in [-0.1, -0.05) is 11.8 Å². The minimum atomic E-state index is 0.0960. The van der Waals surface area contributed by atoms with Crippen molar-refractivity contribution in [2.24, 2.45) is 0 Å². The van der Waals surface area contributed by atoms with Crippen molar-refractivity contribution in [3.63, 3.8) is 0 Å². The molecule has 0 saturated carbocycles. The summed E-state index contributed by atoms with van der Waals surface area (Å²) in [5.41, 5.74) is 1.02. The SMILES string of the molecule is O=C1CN(Cc2sccc2C#CCCO)CCCN1. The van der Waals surface area contributed by atoms with Gasteiger partial charge in [-0.25, -0.2) is 0 Å². The van der Waals surface area contributed by atoms with Crippen LogP contribution in [0.4, 0.5) is 0 Å². The van der Waals surface area contributed by atoms with Crippen molar-refractivity contribution >= 4 is 17.2 Å². The lowest BCUT2D eigenvalue weighted by molar-refractivity contribution is -0.121. The number of carbonyl (C=O) groups is 1. The topological polar surface area (TPSA) is 52.6 Å². The first-order valence-electron chi connectivity index (χ1n) is 6.45. The standard InChI is InChI=1S/C14H18N2O2S/c17-8-2-1-4-12-5-9-19-13(12)10-16-7-3-6-15-14(18)11-16/h5,9,17H,2-3,6-8,10-11H2,(H,15,18). The minimum absolute atomic E-state index is 0.0960. The molecule has 0 spiro atoms. The molecule has 0 atom stereocenters. The lowest BCUT2D eigenvalue weighted by Gasteiger charge is -2.17. The Morgan fingerprint density at radius 2 is 2.42 bits per heavy atom. The Labute approximate surface area is 117 Å². The Kier molecular flexibility index (Phi) is 5.40. The monoisotopic (exact) mass is 278 g/mol. The Balaban J connectivity index is 2.00. The Morgan fingerprint density at radius 3 is 3.26 bits per heavy atom. The van der Waals surface area contributed by atoms with Crippen molar-refractivity contribution < 1.29 is 9.90 Å². The van der Waals surface area contributed by atoms with Gasteiger partial charge in [-0.2, -0.15) is 0 Å². The summed E-state index contributed by atoms with van der Waals surface area (Å²) in [4.78, 5) is 14.9. The Bertz CT molecular complexity index is 487. The van der Waals surface area contributed by atoms with Crippen LogP contribution in [0.3, 0.4) is 0 Å². The number of hydrogen-bond donors (Lipinski definition) is 2. The third kappa shape index (κ3) is 4.35. The summed E-state index contributed by atoms with van der Waals surface area (Å²) in [5.74, 6) is 6.13. The van der Waals surface area contributed by atoms with Crippen molar-refractivity contribution in [3.8, 4) is 11.8 Å². The van der Waals surface area contributed by atoms with Gasteiger partial charge in [-0.15, -0.1) is 11.3 Å². The quantitative estimate of drug-likeness (QED) is 0.804. The summed E-state index contributed by atoms with van der Waals surface area (Å²) in [6.07, 6.45) is 1.49. The van der Waals surface area contributed by atoms with Crippen LogP contribution in [0, 0.1) is 11.8 Å². The van der Waals surface area contributed by atoms with Crippen LogP contribution in [0.1, 0.15) is 23.3 Å². The summed E-state index contributed by atoms with van der Waals surface area (Å²) < 4.78 is 0. The molecule has 2 N–H and O–H groups in total. The summed E-state index contributed by atoms with van der Waals surface area (Å²) in [7, 11) is 0. The molecule has 19 heavy (non-hydrogen) atoms. The average Bonchev–Trinajstić information content (AvgIpc) is 2.71. The molecule has 1 fully saturated rings. The first kappa shape index (κ1) is 14.1. The smallest absolute Gasteiger partial charge is 0.234 e. The van der Waals surface area contributed by atoms with E-state index >= 15 is 0 Å². The highest BCUT2D eigenvalue weighted by Gasteiger charge is 2.16. The van der Waals surface area contributed by atoms with Crippen LogP contribution in [0.15, 0.2) is 11.4 Å². The molecule has 1 aromatic heterocycles. The highest BCUT2D eigenvalue weighted by atomic mass is 32.1. The fourth-order valence-corrected chi connectivity index (χ4v) is 2.87. The van der Waals surface area contributed by atoms with E-state index in [4.69, 9.17) is 5.11 Å². The van der Waals surface area contributed by atoms with Gasteiger partial charge in [0.25, 0.3) is 0 Å². The molecule has 1 aromatic rings. The number of nitrogens with one attached hydrogen (secondary N) is 1. The second kappa shape index (κ2) is 7.29. The van der Waals surface area contributed by atoms with Gasteiger partial charge < -0.3 is 10.4 Å². The molecule has 2 heterocycles. The van der Waals surface area contributed by atoms with Crippen LogP contribution in [-0.2, 0) is 11.3 Å². The molecule has 0 bridgehead atoms. The predicted octanol–water partition coefficient (Wildman–Crippen LogP) is 0.804. The van der Waals surface area contributed by atoms with Gasteiger partial charge >= 0.3 is 0 Å². The molecule has 1 saturated heterocycles. The number of aliphatic hydroxyl groups is 1. The summed E-state index contributed by atoms with van der Waals surface area (Å²) >= 11 is 1.67. The zero-order valence-corrected chi connectivity index (χ0v) is 11.6. The van der Waals surface area contributed by atoms with Gasteiger partial charge in [0.05, 0.1) is 13.2 Å². The van der Waals surface area contributed by atoms with E-state index in [0.29, 0.717) is 13.0 Å². The highest BCUT2D eigenvalue weighted by Crippen LogP contribution is 2.18. The third-order valence-electron chi connectivity index (χ3n) is 2.91. The number of rotatable bonds is 3. The van der Waals surface area contributed by atoms with Gasteiger partial charge in [0, 0.05) is 36.5 Å². The largest absolute Gasteiger partial charge is 0.395 e. The molecule has 2 rings (SSSR count). The zero-order chi connectivity index (χ0) is 13.5. The molecule has 5 heteroatoms. The van der Waals surface area contributed by atoms with Crippen molar-refractivity contribution in [1.82, 2.24) is 10.2 Å². The van der Waals surface area contributed by atoms with Crippen molar-refractivity contribution in [2.75, 3.05) is 26.2 Å². The fourth-order valence-electron chi connectivity index (χ4n) is 1.99. The lowest BCUT2D eigenvalue weighted by atomic mass is 10.2. The van der Waals surface area contributed by atoms with Crippen molar-refractivity contribution in [1.29, 1.82) is 0 Å². The van der Waals surface area contributed by atoms with Crippen molar-refractivity contribution in [2.45, 2.75) is 19.4 Å². The molecule has 102 valence electrons. The van der Waals surface area contributed by atoms with Gasteiger partial charge in [-0.3, -0.25) is 9.69 Å². The van der Waals surface area contributed by atoms with E-state index in [0.717, 1.165) is 31.6 Å². The molecular weight excluding hydrogens is 260 g/mol. The first-order valence-corrected chi connectivity index (χ1v) is 7.32. The van der Waals surface area contributed by atoms with Crippen LogP contribution in [0.25, 0.3) is 0 Å². The van der Waals surface area contributed by atoms with Crippen LogP contribution in [-0.4, -0.2) is 42.2 Å². The Morgan fingerprint density at radius 1 is 1.53 bits per heavy atom. The molecule has 0 aliphatic carbocycles. The van der Waals surface area contributed by atoms with Gasteiger partial charge in [0.15, 0.2) is 0 Å². The van der Waals surface area contributed by atoms with E-state index in [1.165, 1.54) is 4.88 Å². The van der Waals surface area contributed by atoms with Gasteiger partial charge in [-0.05, 0) is 17.9 Å². The number of aliphatic hydroxyl groups excluding tert-OH is 1. The fraction of sp³-hybridized carbons (Fsp3) is 0.500. The van der Waals surface area contributed by atoms with E-state index in [9.17, 15) is 4.79 Å². The van der Waals surface area contributed by atoms with Gasteiger partial charge in [0.2, 0.25) is 5.91 Å². The second-order valence-electron chi connectivity index (χ2n) is 4.45. The molecule has 0 unspecified atom stereocenters. The van der Waals surface area contributed by atoms with Crippen LogP contribution < -0.4 is 5.32 Å². The number of carbonyl (C=O) groups excluding carboxylic acids is 1. The van der Waals surface area contributed by atoms with Crippen LogP contribution >= 0.6 is 11.3 Å². The molecular formula is C14H18N2O2S. The summed E-state index contributed by atoms with van der Waals surface area (Å²) in [6.45, 7) is 3.03. The molecule has 1 aliphatic heterocycles. The van der Waals surface area contributed by atoms with E-state index < -0.39 is 0 Å². The summed E-state index contributed by atoms with van der Waals surface area (Å²) in [5, 5.41) is 13.6.